The van der Waals surface area contributed by atoms with Crippen LogP contribution >= 0.6 is 0 Å². The fraction of sp³-hybridized carbons (Fsp3) is 0.737. The number of rotatable bonds is 3. The van der Waals surface area contributed by atoms with Crippen LogP contribution in [0.15, 0.2) is 18.3 Å². The Labute approximate surface area is 149 Å². The zero-order chi connectivity index (χ0) is 17.3. The molecule has 0 aromatic carbocycles. The summed E-state index contributed by atoms with van der Waals surface area (Å²) in [6.07, 6.45) is 8.18. The number of hydrogen-bond acceptors (Lipinski definition) is 3. The Kier molecular flexibility index (Phi) is 4.73. The molecule has 1 aromatic rings. The van der Waals surface area contributed by atoms with Gasteiger partial charge in [0.15, 0.2) is 5.79 Å². The minimum Gasteiger partial charge on any atom is -0.353 e. The molecule has 3 fully saturated rings. The van der Waals surface area contributed by atoms with Gasteiger partial charge in [-0.25, -0.2) is 4.79 Å². The van der Waals surface area contributed by atoms with E-state index in [0.29, 0.717) is 5.92 Å². The molecule has 1 atom stereocenters. The quantitative estimate of drug-likeness (QED) is 0.915. The molecule has 0 bridgehead atoms. The van der Waals surface area contributed by atoms with Gasteiger partial charge in [-0.15, -0.1) is 0 Å². The van der Waals surface area contributed by atoms with Gasteiger partial charge in [0.2, 0.25) is 0 Å². The Morgan fingerprint density at radius 2 is 2.04 bits per heavy atom. The maximum absolute atomic E-state index is 12.7. The molecule has 25 heavy (non-hydrogen) atoms. The molecule has 1 spiro atoms. The van der Waals surface area contributed by atoms with Gasteiger partial charge in [0, 0.05) is 44.9 Å². The van der Waals surface area contributed by atoms with Crippen molar-refractivity contribution in [2.45, 2.75) is 50.4 Å². The van der Waals surface area contributed by atoms with Crippen LogP contribution in [0, 0.1) is 5.92 Å². The first kappa shape index (κ1) is 16.9. The van der Waals surface area contributed by atoms with E-state index in [4.69, 9.17) is 9.47 Å². The lowest BCUT2D eigenvalue weighted by atomic mass is 9.85. The van der Waals surface area contributed by atoms with E-state index in [1.807, 2.05) is 4.90 Å². The number of nitrogens with zero attached hydrogens (tertiary/aromatic N) is 2. The van der Waals surface area contributed by atoms with E-state index in [-0.39, 0.29) is 17.9 Å². The molecule has 1 aliphatic carbocycles. The normalized spacial score (nSPS) is 26.4. The average molecular weight is 347 g/mol. The number of amides is 2. The van der Waals surface area contributed by atoms with E-state index in [0.717, 1.165) is 64.8 Å². The number of urea groups is 1. The molecule has 2 aliphatic heterocycles. The molecule has 3 heterocycles. The van der Waals surface area contributed by atoms with Crippen LogP contribution in [0.3, 0.4) is 0 Å². The van der Waals surface area contributed by atoms with Gasteiger partial charge in [-0.1, -0.05) is 0 Å². The maximum Gasteiger partial charge on any atom is 0.317 e. The number of carbonyl (C=O) groups excluding carboxylic acids is 1. The van der Waals surface area contributed by atoms with Crippen molar-refractivity contribution in [1.29, 1.82) is 0 Å². The third-order valence-corrected chi connectivity index (χ3v) is 6.06. The van der Waals surface area contributed by atoms with Gasteiger partial charge in [0.25, 0.3) is 0 Å². The zero-order valence-electron chi connectivity index (χ0n) is 15.1. The van der Waals surface area contributed by atoms with E-state index in [1.165, 1.54) is 5.69 Å². The number of aromatic nitrogens is 1. The van der Waals surface area contributed by atoms with Gasteiger partial charge in [-0.2, -0.15) is 0 Å². The third-order valence-electron chi connectivity index (χ3n) is 6.06. The Hall–Kier alpha value is -1.53. The van der Waals surface area contributed by atoms with Gasteiger partial charge in [0.1, 0.15) is 0 Å². The van der Waals surface area contributed by atoms with Crippen molar-refractivity contribution in [1.82, 2.24) is 14.8 Å². The summed E-state index contributed by atoms with van der Waals surface area (Å²) in [5.74, 6) is 0.214. The van der Waals surface area contributed by atoms with Crippen LogP contribution in [0.4, 0.5) is 4.79 Å². The molecule has 6 nitrogen and oxygen atoms in total. The number of hydrogen-bond donors (Lipinski definition) is 1. The number of carbonyl (C=O) groups is 1. The zero-order valence-corrected chi connectivity index (χ0v) is 15.1. The van der Waals surface area contributed by atoms with Crippen molar-refractivity contribution >= 4 is 6.03 Å². The number of nitrogens with one attached hydrogen (secondary N) is 1. The second kappa shape index (κ2) is 7.00. The highest BCUT2D eigenvalue weighted by Crippen LogP contribution is 2.38. The number of likely N-dealkylation sites (tertiary alicyclic amines) is 1. The first-order valence-corrected chi connectivity index (χ1v) is 9.60. The second-order valence-electron chi connectivity index (χ2n) is 7.63. The Morgan fingerprint density at radius 1 is 1.28 bits per heavy atom. The first-order valence-electron chi connectivity index (χ1n) is 9.60. The highest BCUT2D eigenvalue weighted by atomic mass is 16.7. The largest absolute Gasteiger partial charge is 0.353 e. The van der Waals surface area contributed by atoms with Crippen molar-refractivity contribution in [3.05, 3.63) is 24.0 Å². The predicted molar refractivity (Wildman–Crippen MR) is 94.1 cm³/mol. The van der Waals surface area contributed by atoms with Gasteiger partial charge >= 0.3 is 6.03 Å². The lowest BCUT2D eigenvalue weighted by Crippen LogP contribution is -2.43. The lowest BCUT2D eigenvalue weighted by molar-refractivity contribution is -0.182. The summed E-state index contributed by atoms with van der Waals surface area (Å²) in [5, 5.41) is 3.18. The Bertz CT molecular complexity index is 599. The smallest absolute Gasteiger partial charge is 0.317 e. The van der Waals surface area contributed by atoms with Crippen molar-refractivity contribution in [3.63, 3.8) is 0 Å². The first-order chi connectivity index (χ1) is 12.2. The van der Waals surface area contributed by atoms with Gasteiger partial charge < -0.3 is 24.3 Å². The molecular formula is C19H29N3O3. The fourth-order valence-electron chi connectivity index (χ4n) is 4.58. The van der Waals surface area contributed by atoms with E-state index in [2.05, 4.69) is 35.3 Å². The molecule has 2 amide bonds. The molecule has 2 saturated heterocycles. The van der Waals surface area contributed by atoms with Crippen LogP contribution in [-0.4, -0.2) is 47.6 Å². The van der Waals surface area contributed by atoms with Crippen LogP contribution in [0.5, 0.6) is 0 Å². The van der Waals surface area contributed by atoms with Crippen molar-refractivity contribution in [2.24, 2.45) is 13.0 Å². The van der Waals surface area contributed by atoms with Crippen molar-refractivity contribution in [3.8, 4) is 0 Å². The van der Waals surface area contributed by atoms with Crippen LogP contribution < -0.4 is 5.32 Å². The fourth-order valence-corrected chi connectivity index (χ4v) is 4.58. The molecule has 1 N–H and O–H groups in total. The summed E-state index contributed by atoms with van der Waals surface area (Å²) < 4.78 is 13.7. The molecule has 3 aliphatic rings. The van der Waals surface area contributed by atoms with Crippen LogP contribution in [0.2, 0.25) is 0 Å². The summed E-state index contributed by atoms with van der Waals surface area (Å²) in [4.78, 5) is 14.7. The summed E-state index contributed by atoms with van der Waals surface area (Å²) in [5.41, 5.74) is 1.22. The summed E-state index contributed by atoms with van der Waals surface area (Å²) in [6, 6.07) is 4.46. The molecule has 1 saturated carbocycles. The lowest BCUT2D eigenvalue weighted by Gasteiger charge is -2.35. The molecule has 6 heteroatoms. The number of aryl methyl sites for hydroxylation is 1. The molecule has 138 valence electrons. The molecule has 4 rings (SSSR count). The maximum atomic E-state index is 12.7. The second-order valence-corrected chi connectivity index (χ2v) is 7.63. The minimum absolute atomic E-state index is 0.0809. The molecule has 1 unspecified atom stereocenters. The van der Waals surface area contributed by atoms with Gasteiger partial charge in [-0.3, -0.25) is 0 Å². The van der Waals surface area contributed by atoms with Crippen LogP contribution in [-0.2, 0) is 16.5 Å². The minimum atomic E-state index is -0.312. The van der Waals surface area contributed by atoms with Crippen molar-refractivity contribution in [2.75, 3.05) is 26.3 Å². The van der Waals surface area contributed by atoms with Crippen LogP contribution in [0.1, 0.15) is 50.3 Å². The van der Waals surface area contributed by atoms with E-state index >= 15 is 0 Å². The van der Waals surface area contributed by atoms with Crippen molar-refractivity contribution < 1.29 is 14.3 Å². The molecular weight excluding hydrogens is 318 g/mol. The summed E-state index contributed by atoms with van der Waals surface area (Å²) in [7, 11) is 2.05. The van der Waals surface area contributed by atoms with E-state index in [1.54, 1.807) is 0 Å². The summed E-state index contributed by atoms with van der Waals surface area (Å²) >= 11 is 0. The Morgan fingerprint density at radius 3 is 2.72 bits per heavy atom. The van der Waals surface area contributed by atoms with E-state index < -0.39 is 0 Å². The van der Waals surface area contributed by atoms with E-state index in [9.17, 15) is 4.79 Å². The summed E-state index contributed by atoms with van der Waals surface area (Å²) in [6.45, 7) is 3.04. The standard InChI is InChI=1S/C19H29N3O3/c1-21-10-2-4-16(21)17-5-3-11-22(17)18(23)20-14-15-6-8-19(9-7-15)24-12-13-25-19/h2,4,10,15,17H,3,5-9,11-14H2,1H3,(H,20,23). The predicted octanol–water partition coefficient (Wildman–Crippen LogP) is 2.80. The molecule has 0 radical (unpaired) electrons. The average Bonchev–Trinajstić information content (AvgIpc) is 3.35. The highest BCUT2D eigenvalue weighted by Gasteiger charge is 2.40. The topological polar surface area (TPSA) is 55.7 Å². The third kappa shape index (κ3) is 3.42. The van der Waals surface area contributed by atoms with Gasteiger partial charge in [0.05, 0.1) is 19.3 Å². The molecule has 1 aromatic heterocycles. The Balaban J connectivity index is 1.28. The highest BCUT2D eigenvalue weighted by molar-refractivity contribution is 5.75. The monoisotopic (exact) mass is 347 g/mol. The van der Waals surface area contributed by atoms with Gasteiger partial charge in [-0.05, 0) is 43.7 Å². The SMILES string of the molecule is Cn1cccc1C1CCCN1C(=O)NCC1CCC2(CC1)OCCO2. The number of ether oxygens (including phenoxy) is 2. The van der Waals surface area contributed by atoms with Crippen LogP contribution in [0.25, 0.3) is 0 Å².